The van der Waals surface area contributed by atoms with Gasteiger partial charge in [0.25, 0.3) is 0 Å². The average molecular weight is 358 g/mol. The van der Waals surface area contributed by atoms with Crippen LogP contribution in [-0.4, -0.2) is 18.5 Å². The van der Waals surface area contributed by atoms with Crippen LogP contribution in [0.4, 0.5) is 17.1 Å². The number of carbonyl (C=O) groups excluding carboxylic acids is 1. The average Bonchev–Trinajstić information content (AvgIpc) is 2.57. The highest BCUT2D eigenvalue weighted by Gasteiger charge is 2.27. The lowest BCUT2D eigenvalue weighted by molar-refractivity contribution is -0.117. The minimum atomic E-state index is -0.308. The number of hydrogen-bond donors (Lipinski definition) is 2. The summed E-state index contributed by atoms with van der Waals surface area (Å²) in [4.78, 5) is 15.0. The molecule has 0 radical (unpaired) electrons. The number of fused-ring (bicyclic) bond motifs is 1. The fourth-order valence-electron chi connectivity index (χ4n) is 3.53. The van der Waals surface area contributed by atoms with E-state index in [-0.39, 0.29) is 11.9 Å². The van der Waals surface area contributed by atoms with Crippen molar-refractivity contribution in [3.05, 3.63) is 52.0 Å². The first-order valence-electron chi connectivity index (χ1n) is 8.60. The molecule has 0 saturated heterocycles. The Hall–Kier alpha value is -2.20. The molecule has 3 rings (SSSR count). The number of nitrogen functional groups attached to an aromatic ring is 1. The molecule has 5 heteroatoms. The largest absolute Gasteiger partial charge is 0.398 e. The van der Waals surface area contributed by atoms with Crippen LogP contribution in [0.2, 0.25) is 5.02 Å². The molecule has 1 heterocycles. The standard InChI is InChI=1S/C20H24ClN3O/c1-12-10-13(2)19(16(21)11-12)23-20(25)14(3)24-9-5-6-15-17(22)7-4-8-18(15)24/h4,7-8,10-11,14H,5-6,9,22H2,1-3H3,(H,23,25). The van der Waals surface area contributed by atoms with E-state index < -0.39 is 0 Å². The first-order chi connectivity index (χ1) is 11.9. The Labute approximate surface area is 154 Å². The van der Waals surface area contributed by atoms with Crippen molar-refractivity contribution in [2.75, 3.05) is 22.5 Å². The highest BCUT2D eigenvalue weighted by atomic mass is 35.5. The van der Waals surface area contributed by atoms with Gasteiger partial charge >= 0.3 is 0 Å². The van der Waals surface area contributed by atoms with E-state index in [1.807, 2.05) is 51.1 Å². The number of carbonyl (C=O) groups is 1. The third kappa shape index (κ3) is 3.45. The summed E-state index contributed by atoms with van der Waals surface area (Å²) in [6.45, 7) is 6.70. The van der Waals surface area contributed by atoms with Gasteiger partial charge in [-0.05, 0) is 68.5 Å². The Balaban J connectivity index is 1.84. The summed E-state index contributed by atoms with van der Waals surface area (Å²) in [6, 6.07) is 9.48. The van der Waals surface area contributed by atoms with Gasteiger partial charge in [-0.3, -0.25) is 4.79 Å². The number of amides is 1. The second-order valence-electron chi connectivity index (χ2n) is 6.75. The quantitative estimate of drug-likeness (QED) is 0.804. The van der Waals surface area contributed by atoms with Gasteiger partial charge < -0.3 is 16.0 Å². The number of rotatable bonds is 3. The maximum absolute atomic E-state index is 12.9. The van der Waals surface area contributed by atoms with E-state index in [1.54, 1.807) is 0 Å². The molecule has 0 aliphatic carbocycles. The molecule has 25 heavy (non-hydrogen) atoms. The zero-order valence-corrected chi connectivity index (χ0v) is 15.7. The van der Waals surface area contributed by atoms with E-state index in [0.29, 0.717) is 10.7 Å². The van der Waals surface area contributed by atoms with E-state index >= 15 is 0 Å². The summed E-state index contributed by atoms with van der Waals surface area (Å²) in [5.74, 6) is -0.0656. The van der Waals surface area contributed by atoms with E-state index in [0.717, 1.165) is 47.5 Å². The van der Waals surface area contributed by atoms with E-state index in [4.69, 9.17) is 17.3 Å². The summed E-state index contributed by atoms with van der Waals surface area (Å²) in [5.41, 5.74) is 11.8. The number of nitrogens with one attached hydrogen (secondary N) is 1. The Kier molecular flexibility index (Phi) is 4.91. The van der Waals surface area contributed by atoms with Gasteiger partial charge in [0, 0.05) is 17.9 Å². The summed E-state index contributed by atoms with van der Waals surface area (Å²) >= 11 is 6.33. The summed E-state index contributed by atoms with van der Waals surface area (Å²) in [7, 11) is 0. The highest BCUT2D eigenvalue weighted by molar-refractivity contribution is 6.34. The zero-order chi connectivity index (χ0) is 18.1. The molecule has 132 valence electrons. The summed E-state index contributed by atoms with van der Waals surface area (Å²) in [5, 5.41) is 3.58. The molecule has 1 unspecified atom stereocenters. The van der Waals surface area contributed by atoms with Gasteiger partial charge in [0.05, 0.1) is 10.7 Å². The minimum absolute atomic E-state index is 0.0656. The predicted octanol–water partition coefficient (Wildman–Crippen LogP) is 4.32. The molecule has 1 aliphatic rings. The van der Waals surface area contributed by atoms with Crippen LogP contribution >= 0.6 is 11.6 Å². The molecular weight excluding hydrogens is 334 g/mol. The fraction of sp³-hybridized carbons (Fsp3) is 0.350. The molecule has 1 aliphatic heterocycles. The minimum Gasteiger partial charge on any atom is -0.398 e. The molecule has 2 aromatic rings. The van der Waals surface area contributed by atoms with Crippen LogP contribution in [0.25, 0.3) is 0 Å². The van der Waals surface area contributed by atoms with Crippen LogP contribution in [0.5, 0.6) is 0 Å². The third-order valence-corrected chi connectivity index (χ3v) is 5.15. The zero-order valence-electron chi connectivity index (χ0n) is 14.9. The smallest absolute Gasteiger partial charge is 0.246 e. The maximum Gasteiger partial charge on any atom is 0.246 e. The lowest BCUT2D eigenvalue weighted by atomic mass is 9.98. The van der Waals surface area contributed by atoms with Gasteiger partial charge in [0.15, 0.2) is 0 Å². The molecule has 1 atom stereocenters. The molecule has 0 fully saturated rings. The molecule has 0 spiro atoms. The first kappa shape index (κ1) is 17.6. The van der Waals surface area contributed by atoms with Crippen LogP contribution in [0.3, 0.4) is 0 Å². The van der Waals surface area contributed by atoms with Gasteiger partial charge in [-0.1, -0.05) is 23.7 Å². The monoisotopic (exact) mass is 357 g/mol. The second kappa shape index (κ2) is 6.96. The topological polar surface area (TPSA) is 58.4 Å². The Morgan fingerprint density at radius 1 is 1.32 bits per heavy atom. The third-order valence-electron chi connectivity index (χ3n) is 4.85. The number of nitrogens with two attached hydrogens (primary N) is 1. The number of anilines is 3. The Morgan fingerprint density at radius 3 is 2.80 bits per heavy atom. The van der Waals surface area contributed by atoms with Crippen molar-refractivity contribution < 1.29 is 4.79 Å². The summed E-state index contributed by atoms with van der Waals surface area (Å²) in [6.07, 6.45) is 1.94. The molecule has 4 nitrogen and oxygen atoms in total. The van der Waals surface area contributed by atoms with Crippen molar-refractivity contribution >= 4 is 34.6 Å². The van der Waals surface area contributed by atoms with E-state index in [1.165, 1.54) is 0 Å². The van der Waals surface area contributed by atoms with Gasteiger partial charge in [-0.2, -0.15) is 0 Å². The van der Waals surface area contributed by atoms with Gasteiger partial charge in [-0.15, -0.1) is 0 Å². The van der Waals surface area contributed by atoms with Gasteiger partial charge in [-0.25, -0.2) is 0 Å². The molecule has 0 saturated carbocycles. The van der Waals surface area contributed by atoms with E-state index in [9.17, 15) is 4.79 Å². The van der Waals surface area contributed by atoms with Gasteiger partial charge in [0.2, 0.25) is 5.91 Å². The number of nitrogens with zero attached hydrogens (tertiary/aromatic N) is 1. The van der Waals surface area contributed by atoms with Crippen molar-refractivity contribution in [1.29, 1.82) is 0 Å². The molecular formula is C20H24ClN3O. The molecule has 0 bridgehead atoms. The van der Waals surface area contributed by atoms with Crippen molar-refractivity contribution in [1.82, 2.24) is 0 Å². The Bertz CT molecular complexity index is 796. The van der Waals surface area contributed by atoms with Crippen LogP contribution < -0.4 is 16.0 Å². The second-order valence-corrected chi connectivity index (χ2v) is 7.15. The van der Waals surface area contributed by atoms with Crippen molar-refractivity contribution in [3.8, 4) is 0 Å². The van der Waals surface area contributed by atoms with Crippen molar-refractivity contribution in [2.45, 2.75) is 39.7 Å². The van der Waals surface area contributed by atoms with Crippen LogP contribution in [0.15, 0.2) is 30.3 Å². The lowest BCUT2D eigenvalue weighted by Crippen LogP contribution is -2.45. The predicted molar refractivity (Wildman–Crippen MR) is 106 cm³/mol. The van der Waals surface area contributed by atoms with Crippen molar-refractivity contribution in [3.63, 3.8) is 0 Å². The van der Waals surface area contributed by atoms with E-state index in [2.05, 4.69) is 10.2 Å². The van der Waals surface area contributed by atoms with Gasteiger partial charge in [0.1, 0.15) is 6.04 Å². The summed E-state index contributed by atoms with van der Waals surface area (Å²) < 4.78 is 0. The highest BCUT2D eigenvalue weighted by Crippen LogP contribution is 2.33. The van der Waals surface area contributed by atoms with Crippen LogP contribution in [0, 0.1) is 13.8 Å². The Morgan fingerprint density at radius 2 is 2.08 bits per heavy atom. The number of halogens is 1. The van der Waals surface area contributed by atoms with Crippen LogP contribution in [-0.2, 0) is 11.2 Å². The number of aryl methyl sites for hydroxylation is 2. The maximum atomic E-state index is 12.9. The van der Waals surface area contributed by atoms with Crippen molar-refractivity contribution in [2.24, 2.45) is 0 Å². The molecule has 0 aromatic heterocycles. The molecule has 3 N–H and O–H groups in total. The number of benzene rings is 2. The lowest BCUT2D eigenvalue weighted by Gasteiger charge is -2.36. The molecule has 2 aromatic carbocycles. The molecule has 1 amide bonds. The normalized spacial score (nSPS) is 14.8. The fourth-order valence-corrected chi connectivity index (χ4v) is 3.89. The van der Waals surface area contributed by atoms with Crippen LogP contribution in [0.1, 0.15) is 30.0 Å². The SMILES string of the molecule is Cc1cc(C)c(NC(=O)C(C)N2CCCc3c(N)cccc32)c(Cl)c1. The number of hydrogen-bond acceptors (Lipinski definition) is 3. The first-order valence-corrected chi connectivity index (χ1v) is 8.98.